The van der Waals surface area contributed by atoms with E-state index in [2.05, 4.69) is 15.0 Å². The quantitative estimate of drug-likeness (QED) is 0.733. The molecular weight excluding hydrogens is 178 g/mol. The Kier molecular flexibility index (Phi) is 2.04. The smallest absolute Gasteiger partial charge is 0.184 e. The topological polar surface area (TPSA) is 58.6 Å². The third-order valence-electron chi connectivity index (χ3n) is 2.11. The van der Waals surface area contributed by atoms with Crippen LogP contribution in [0.1, 0.15) is 24.3 Å². The number of aromatic nitrogens is 3. The molecule has 0 unspecified atom stereocenters. The van der Waals surface area contributed by atoms with Crippen molar-refractivity contribution >= 4 is 16.8 Å². The summed E-state index contributed by atoms with van der Waals surface area (Å²) >= 11 is 0. The van der Waals surface area contributed by atoms with Gasteiger partial charge in [0.25, 0.3) is 0 Å². The SMILES string of the molecule is CC(C)C(=O)c1ncnc2[nH]ccc12. The molecule has 2 heterocycles. The van der Waals surface area contributed by atoms with Crippen LogP contribution in [0.25, 0.3) is 11.0 Å². The van der Waals surface area contributed by atoms with Gasteiger partial charge in [-0.3, -0.25) is 4.79 Å². The predicted molar refractivity (Wildman–Crippen MR) is 53.1 cm³/mol. The lowest BCUT2D eigenvalue weighted by atomic mass is 10.0. The van der Waals surface area contributed by atoms with Gasteiger partial charge < -0.3 is 4.98 Å². The molecule has 0 atom stereocenters. The van der Waals surface area contributed by atoms with Crippen LogP contribution in [0.2, 0.25) is 0 Å². The monoisotopic (exact) mass is 189 g/mol. The molecule has 0 saturated carbocycles. The van der Waals surface area contributed by atoms with Crippen LogP contribution in [-0.4, -0.2) is 20.7 Å². The standard InChI is InChI=1S/C10H11N3O/c1-6(2)9(14)8-7-3-4-11-10(7)13-5-12-8/h3-6H,1-2H3,(H,11,12,13). The molecule has 2 rings (SSSR count). The molecule has 0 saturated heterocycles. The van der Waals surface area contributed by atoms with Crippen LogP contribution in [0.3, 0.4) is 0 Å². The predicted octanol–water partition coefficient (Wildman–Crippen LogP) is 1.80. The van der Waals surface area contributed by atoms with Crippen LogP contribution in [0.15, 0.2) is 18.6 Å². The number of fused-ring (bicyclic) bond motifs is 1. The molecule has 0 aliphatic heterocycles. The summed E-state index contributed by atoms with van der Waals surface area (Å²) in [5, 5.41) is 0.797. The van der Waals surface area contributed by atoms with Crippen molar-refractivity contribution in [3.05, 3.63) is 24.3 Å². The van der Waals surface area contributed by atoms with Gasteiger partial charge in [0.05, 0.1) is 0 Å². The van der Waals surface area contributed by atoms with Gasteiger partial charge in [0, 0.05) is 17.5 Å². The molecule has 0 amide bonds. The molecule has 1 N–H and O–H groups in total. The number of aromatic amines is 1. The first-order valence-corrected chi connectivity index (χ1v) is 4.52. The van der Waals surface area contributed by atoms with Crippen LogP contribution in [0.4, 0.5) is 0 Å². The number of nitrogens with zero attached hydrogens (tertiary/aromatic N) is 2. The fourth-order valence-corrected chi connectivity index (χ4v) is 1.34. The fourth-order valence-electron chi connectivity index (χ4n) is 1.34. The summed E-state index contributed by atoms with van der Waals surface area (Å²) < 4.78 is 0. The summed E-state index contributed by atoms with van der Waals surface area (Å²) in [4.78, 5) is 22.7. The molecule has 4 heteroatoms. The average molecular weight is 189 g/mol. The van der Waals surface area contributed by atoms with E-state index in [-0.39, 0.29) is 11.7 Å². The summed E-state index contributed by atoms with van der Waals surface area (Å²) in [5.41, 5.74) is 1.22. The molecular formula is C10H11N3O. The van der Waals surface area contributed by atoms with E-state index >= 15 is 0 Å². The number of hydrogen-bond acceptors (Lipinski definition) is 3. The summed E-state index contributed by atoms with van der Waals surface area (Å²) in [6.45, 7) is 3.73. The highest BCUT2D eigenvalue weighted by molar-refractivity contribution is 6.05. The molecule has 72 valence electrons. The lowest BCUT2D eigenvalue weighted by Gasteiger charge is -2.03. The first kappa shape index (κ1) is 8.87. The second kappa shape index (κ2) is 3.21. The fraction of sp³-hybridized carbons (Fsp3) is 0.300. The van der Waals surface area contributed by atoms with E-state index in [9.17, 15) is 4.79 Å². The first-order chi connectivity index (χ1) is 6.70. The maximum absolute atomic E-state index is 11.8. The van der Waals surface area contributed by atoms with Crippen molar-refractivity contribution in [2.45, 2.75) is 13.8 Å². The van der Waals surface area contributed by atoms with Gasteiger partial charge in [-0.1, -0.05) is 13.8 Å². The normalized spacial score (nSPS) is 11.1. The van der Waals surface area contributed by atoms with Crippen LogP contribution in [-0.2, 0) is 0 Å². The molecule has 4 nitrogen and oxygen atoms in total. The molecule has 0 spiro atoms. The van der Waals surface area contributed by atoms with Gasteiger partial charge in [0.1, 0.15) is 17.7 Å². The number of ketones is 1. The number of carbonyl (C=O) groups excluding carboxylic acids is 1. The Morgan fingerprint density at radius 1 is 1.43 bits per heavy atom. The van der Waals surface area contributed by atoms with Crippen molar-refractivity contribution in [3.8, 4) is 0 Å². The molecule has 0 aromatic carbocycles. The molecule has 0 radical (unpaired) electrons. The zero-order chi connectivity index (χ0) is 10.1. The molecule has 0 bridgehead atoms. The maximum atomic E-state index is 11.8. The highest BCUT2D eigenvalue weighted by Crippen LogP contribution is 2.15. The highest BCUT2D eigenvalue weighted by Gasteiger charge is 2.15. The summed E-state index contributed by atoms with van der Waals surface area (Å²) in [6, 6.07) is 1.82. The maximum Gasteiger partial charge on any atom is 0.184 e. The highest BCUT2D eigenvalue weighted by atomic mass is 16.1. The van der Waals surface area contributed by atoms with Crippen LogP contribution in [0, 0.1) is 5.92 Å². The van der Waals surface area contributed by atoms with Gasteiger partial charge in [0.15, 0.2) is 5.78 Å². The van der Waals surface area contributed by atoms with Gasteiger partial charge in [-0.25, -0.2) is 9.97 Å². The van der Waals surface area contributed by atoms with E-state index in [1.165, 1.54) is 6.33 Å². The van der Waals surface area contributed by atoms with Crippen LogP contribution < -0.4 is 0 Å². The van der Waals surface area contributed by atoms with Gasteiger partial charge in [-0.2, -0.15) is 0 Å². The Labute approximate surface area is 81.4 Å². The summed E-state index contributed by atoms with van der Waals surface area (Å²) in [5.74, 6) is 0.0139. The van der Waals surface area contributed by atoms with Crippen LogP contribution >= 0.6 is 0 Å². The minimum Gasteiger partial charge on any atom is -0.346 e. The van der Waals surface area contributed by atoms with E-state index in [1.54, 1.807) is 6.20 Å². The first-order valence-electron chi connectivity index (χ1n) is 4.52. The van der Waals surface area contributed by atoms with Crippen molar-refractivity contribution in [3.63, 3.8) is 0 Å². The molecule has 2 aromatic rings. The van der Waals surface area contributed by atoms with Gasteiger partial charge in [-0.15, -0.1) is 0 Å². The minimum absolute atomic E-state index is 0.0389. The Bertz CT molecular complexity index is 473. The number of carbonyl (C=O) groups is 1. The zero-order valence-electron chi connectivity index (χ0n) is 8.11. The summed E-state index contributed by atoms with van der Waals surface area (Å²) in [7, 11) is 0. The Hall–Kier alpha value is -1.71. The molecule has 0 aliphatic rings. The van der Waals surface area contributed by atoms with Crippen molar-refractivity contribution in [2.75, 3.05) is 0 Å². The Morgan fingerprint density at radius 3 is 2.93 bits per heavy atom. The molecule has 0 aliphatic carbocycles. The summed E-state index contributed by atoms with van der Waals surface area (Å²) in [6.07, 6.45) is 3.17. The van der Waals surface area contributed by atoms with Gasteiger partial charge in [0.2, 0.25) is 0 Å². The van der Waals surface area contributed by atoms with Crippen molar-refractivity contribution in [2.24, 2.45) is 5.92 Å². The van der Waals surface area contributed by atoms with Gasteiger partial charge >= 0.3 is 0 Å². The van der Waals surface area contributed by atoms with E-state index in [4.69, 9.17) is 0 Å². The van der Waals surface area contributed by atoms with Crippen molar-refractivity contribution in [1.82, 2.24) is 15.0 Å². The number of rotatable bonds is 2. The number of hydrogen-bond donors (Lipinski definition) is 1. The van der Waals surface area contributed by atoms with E-state index in [0.717, 1.165) is 5.39 Å². The van der Waals surface area contributed by atoms with E-state index < -0.39 is 0 Å². The largest absolute Gasteiger partial charge is 0.346 e. The van der Waals surface area contributed by atoms with E-state index in [0.29, 0.717) is 11.3 Å². The van der Waals surface area contributed by atoms with Gasteiger partial charge in [-0.05, 0) is 6.07 Å². The second-order valence-corrected chi connectivity index (χ2v) is 3.48. The second-order valence-electron chi connectivity index (χ2n) is 3.48. The molecule has 14 heavy (non-hydrogen) atoms. The van der Waals surface area contributed by atoms with Crippen molar-refractivity contribution in [1.29, 1.82) is 0 Å². The van der Waals surface area contributed by atoms with Crippen LogP contribution in [0.5, 0.6) is 0 Å². The third-order valence-corrected chi connectivity index (χ3v) is 2.11. The third kappa shape index (κ3) is 1.28. The van der Waals surface area contributed by atoms with Crippen molar-refractivity contribution < 1.29 is 4.79 Å². The number of H-pyrrole nitrogens is 1. The molecule has 2 aromatic heterocycles. The number of Topliss-reactive ketones (excluding diaryl/α,β-unsaturated/α-hetero) is 1. The average Bonchev–Trinajstić information content (AvgIpc) is 2.63. The Balaban J connectivity index is 2.62. The lowest BCUT2D eigenvalue weighted by molar-refractivity contribution is 0.0936. The Morgan fingerprint density at radius 2 is 2.21 bits per heavy atom. The van der Waals surface area contributed by atoms with E-state index in [1.807, 2.05) is 19.9 Å². The zero-order valence-corrected chi connectivity index (χ0v) is 8.11. The number of nitrogens with one attached hydrogen (secondary N) is 1. The molecule has 0 fully saturated rings. The lowest BCUT2D eigenvalue weighted by Crippen LogP contribution is -2.10. The minimum atomic E-state index is -0.0389.